The second kappa shape index (κ2) is 11.1. The first-order valence-corrected chi connectivity index (χ1v) is 12.1. The maximum atomic E-state index is 12.4. The SMILES string of the molecule is CCCSC(CC)CSP(=O)(OCC)SCC. The Balaban J connectivity index is 4.12. The van der Waals surface area contributed by atoms with Crippen molar-refractivity contribution >= 4 is 40.3 Å². The molecule has 0 bridgehead atoms. The molecule has 2 nitrogen and oxygen atoms in total. The highest BCUT2D eigenvalue weighted by Gasteiger charge is 2.25. The zero-order chi connectivity index (χ0) is 13.1. The van der Waals surface area contributed by atoms with Crippen LogP contribution in [0.1, 0.15) is 40.5 Å². The molecule has 2 unspecified atom stereocenters. The summed E-state index contributed by atoms with van der Waals surface area (Å²) >= 11 is 4.99. The highest BCUT2D eigenvalue weighted by atomic mass is 33.1. The van der Waals surface area contributed by atoms with E-state index in [1.807, 2.05) is 25.6 Å². The van der Waals surface area contributed by atoms with Crippen molar-refractivity contribution in [3.05, 3.63) is 0 Å². The Kier molecular flexibility index (Phi) is 11.9. The van der Waals surface area contributed by atoms with Gasteiger partial charge in [0.2, 0.25) is 0 Å². The molecular formula is C11H25O2PS3. The van der Waals surface area contributed by atoms with Gasteiger partial charge in [-0.05, 0) is 25.5 Å². The van der Waals surface area contributed by atoms with Gasteiger partial charge in [0.05, 0.1) is 6.61 Å². The summed E-state index contributed by atoms with van der Waals surface area (Å²) in [6.45, 7) is 8.88. The van der Waals surface area contributed by atoms with Crippen molar-refractivity contribution < 1.29 is 9.09 Å². The number of thioether (sulfide) groups is 1. The minimum absolute atomic E-state index is 0.538. The van der Waals surface area contributed by atoms with Crippen LogP contribution in [0.15, 0.2) is 0 Å². The Bertz CT molecular complexity index is 217. The zero-order valence-electron chi connectivity index (χ0n) is 11.3. The standard InChI is InChI=1S/C11H25O2PS3/c1-5-9-15-11(6-2)10-17-14(12,13-7-3)16-8-4/h11H,5-10H2,1-4H3. The molecule has 0 rings (SSSR count). The van der Waals surface area contributed by atoms with Crippen molar-refractivity contribution in [1.82, 2.24) is 0 Å². The summed E-state index contributed by atoms with van der Waals surface area (Å²) in [4.78, 5) is 0. The van der Waals surface area contributed by atoms with E-state index in [1.165, 1.54) is 34.9 Å². The van der Waals surface area contributed by atoms with Crippen LogP contribution in [0.25, 0.3) is 0 Å². The van der Waals surface area contributed by atoms with Crippen LogP contribution in [-0.2, 0) is 9.09 Å². The van der Waals surface area contributed by atoms with E-state index in [0.29, 0.717) is 11.9 Å². The predicted octanol–water partition coefficient (Wildman–Crippen LogP) is 5.54. The second-order valence-electron chi connectivity index (χ2n) is 3.48. The third kappa shape index (κ3) is 8.88. The van der Waals surface area contributed by atoms with Gasteiger partial charge in [-0.2, -0.15) is 11.8 Å². The van der Waals surface area contributed by atoms with Crippen molar-refractivity contribution in [2.45, 2.75) is 45.8 Å². The molecule has 0 saturated carbocycles. The summed E-state index contributed by atoms with van der Waals surface area (Å²) in [6, 6.07) is 0. The number of hydrogen-bond donors (Lipinski definition) is 0. The Hall–Kier alpha value is 1.24. The highest BCUT2D eigenvalue weighted by Crippen LogP contribution is 2.70. The first-order chi connectivity index (χ1) is 8.11. The van der Waals surface area contributed by atoms with Crippen LogP contribution in [0.5, 0.6) is 0 Å². The zero-order valence-corrected chi connectivity index (χ0v) is 14.7. The summed E-state index contributed by atoms with van der Waals surface area (Å²) in [5.41, 5.74) is 0. The van der Waals surface area contributed by atoms with Crippen LogP contribution < -0.4 is 0 Å². The van der Waals surface area contributed by atoms with Crippen molar-refractivity contribution in [2.75, 3.05) is 23.9 Å². The first-order valence-electron chi connectivity index (χ1n) is 6.27. The van der Waals surface area contributed by atoms with Gasteiger partial charge in [-0.3, -0.25) is 4.57 Å². The molecule has 0 aromatic heterocycles. The summed E-state index contributed by atoms with van der Waals surface area (Å²) in [5.74, 6) is 0.481. The summed E-state index contributed by atoms with van der Waals surface area (Å²) in [6.07, 6.45) is 2.35. The smallest absolute Gasteiger partial charge is 0.313 e. The van der Waals surface area contributed by atoms with E-state index in [4.69, 9.17) is 4.52 Å². The predicted molar refractivity (Wildman–Crippen MR) is 86.7 cm³/mol. The monoisotopic (exact) mass is 316 g/mol. The lowest BCUT2D eigenvalue weighted by molar-refractivity contribution is 0.357. The van der Waals surface area contributed by atoms with Gasteiger partial charge in [0, 0.05) is 16.8 Å². The fraction of sp³-hybridized carbons (Fsp3) is 1.00. The highest BCUT2D eigenvalue weighted by molar-refractivity contribution is 8.89. The minimum atomic E-state index is -2.50. The van der Waals surface area contributed by atoms with Crippen LogP contribution in [0.2, 0.25) is 0 Å². The molecule has 0 fully saturated rings. The van der Waals surface area contributed by atoms with E-state index in [0.717, 1.165) is 17.9 Å². The molecule has 0 aromatic carbocycles. The Labute approximate surface area is 119 Å². The van der Waals surface area contributed by atoms with Crippen LogP contribution in [0.4, 0.5) is 0 Å². The van der Waals surface area contributed by atoms with E-state index in [1.54, 1.807) is 0 Å². The number of rotatable bonds is 11. The molecule has 6 heteroatoms. The largest absolute Gasteiger partial charge is 0.314 e. The minimum Gasteiger partial charge on any atom is -0.314 e. The normalized spacial score (nSPS) is 16.7. The van der Waals surface area contributed by atoms with E-state index >= 15 is 0 Å². The second-order valence-corrected chi connectivity index (χ2v) is 12.6. The van der Waals surface area contributed by atoms with Crippen molar-refractivity contribution in [1.29, 1.82) is 0 Å². The molecule has 0 aromatic rings. The molecule has 0 saturated heterocycles. The summed E-state index contributed by atoms with van der Waals surface area (Å²) < 4.78 is 17.8. The average molecular weight is 316 g/mol. The molecule has 0 aliphatic carbocycles. The molecule has 0 aliphatic heterocycles. The number of hydrogen-bond acceptors (Lipinski definition) is 5. The van der Waals surface area contributed by atoms with E-state index < -0.39 is 5.77 Å². The maximum Gasteiger partial charge on any atom is 0.313 e. The van der Waals surface area contributed by atoms with Crippen molar-refractivity contribution in [3.63, 3.8) is 0 Å². The average Bonchev–Trinajstić information content (AvgIpc) is 2.30. The lowest BCUT2D eigenvalue weighted by Crippen LogP contribution is -2.05. The fourth-order valence-electron chi connectivity index (χ4n) is 1.17. The molecule has 0 heterocycles. The fourth-order valence-corrected chi connectivity index (χ4v) is 9.81. The molecular weight excluding hydrogens is 291 g/mol. The van der Waals surface area contributed by atoms with Gasteiger partial charge in [-0.25, -0.2) is 0 Å². The molecule has 2 atom stereocenters. The lowest BCUT2D eigenvalue weighted by atomic mass is 10.4. The Morgan fingerprint density at radius 2 is 1.88 bits per heavy atom. The topological polar surface area (TPSA) is 26.3 Å². The van der Waals surface area contributed by atoms with Crippen molar-refractivity contribution in [3.8, 4) is 0 Å². The van der Waals surface area contributed by atoms with Gasteiger partial charge in [0.1, 0.15) is 0 Å². The first kappa shape index (κ1) is 18.2. The lowest BCUT2D eigenvalue weighted by Gasteiger charge is -2.19. The van der Waals surface area contributed by atoms with Crippen LogP contribution in [0, 0.1) is 0 Å². The Morgan fingerprint density at radius 3 is 2.35 bits per heavy atom. The van der Waals surface area contributed by atoms with Gasteiger partial charge in [-0.1, -0.05) is 43.5 Å². The summed E-state index contributed by atoms with van der Waals surface area (Å²) in [5, 5.41) is 0.603. The summed E-state index contributed by atoms with van der Waals surface area (Å²) in [7, 11) is 0. The van der Waals surface area contributed by atoms with E-state index in [9.17, 15) is 4.57 Å². The van der Waals surface area contributed by atoms with Crippen LogP contribution in [0.3, 0.4) is 0 Å². The van der Waals surface area contributed by atoms with E-state index in [2.05, 4.69) is 13.8 Å². The Morgan fingerprint density at radius 1 is 1.18 bits per heavy atom. The quantitative estimate of drug-likeness (QED) is 0.466. The van der Waals surface area contributed by atoms with Gasteiger partial charge >= 0.3 is 5.77 Å². The molecule has 104 valence electrons. The molecule has 0 aliphatic rings. The molecule has 17 heavy (non-hydrogen) atoms. The molecule has 0 amide bonds. The van der Waals surface area contributed by atoms with E-state index in [-0.39, 0.29) is 0 Å². The van der Waals surface area contributed by atoms with Gasteiger partial charge in [0.25, 0.3) is 0 Å². The molecule has 0 radical (unpaired) electrons. The van der Waals surface area contributed by atoms with Gasteiger partial charge < -0.3 is 4.52 Å². The van der Waals surface area contributed by atoms with Crippen molar-refractivity contribution in [2.24, 2.45) is 0 Å². The van der Waals surface area contributed by atoms with Crippen LogP contribution in [-0.4, -0.2) is 29.1 Å². The maximum absolute atomic E-state index is 12.4. The van der Waals surface area contributed by atoms with Gasteiger partial charge in [-0.15, -0.1) is 0 Å². The molecule has 0 spiro atoms. The third-order valence-corrected chi connectivity index (χ3v) is 11.5. The molecule has 0 N–H and O–H groups in total. The third-order valence-electron chi connectivity index (χ3n) is 2.01. The van der Waals surface area contributed by atoms with Crippen LogP contribution >= 0.6 is 40.3 Å². The van der Waals surface area contributed by atoms with Gasteiger partial charge in [0.15, 0.2) is 0 Å².